The summed E-state index contributed by atoms with van der Waals surface area (Å²) in [5.74, 6) is 0. The number of carbonyl (C=O) groups excluding carboxylic acids is 2. The molecule has 9 nitrogen and oxygen atoms in total. The maximum Gasteiger partial charge on any atom is 0.412 e. The lowest BCUT2D eigenvalue weighted by molar-refractivity contribution is -0.122. The summed E-state index contributed by atoms with van der Waals surface area (Å²) in [7, 11) is 1.61. The van der Waals surface area contributed by atoms with Gasteiger partial charge in [0, 0.05) is 37.9 Å². The van der Waals surface area contributed by atoms with Crippen molar-refractivity contribution in [3.8, 4) is 0 Å². The SMILES string of the molecule is CC(C)NC(=O)OCOC(=O)N(C)CCc1ccccn1.O=CO. The molecule has 2 amide bonds. The van der Waals surface area contributed by atoms with E-state index in [2.05, 4.69) is 10.3 Å². The Hall–Kier alpha value is -2.84. The van der Waals surface area contributed by atoms with Crippen molar-refractivity contribution >= 4 is 18.7 Å². The Morgan fingerprint density at radius 1 is 1.38 bits per heavy atom. The molecular formula is C15H23N3O6. The van der Waals surface area contributed by atoms with Gasteiger partial charge in [-0.15, -0.1) is 0 Å². The number of ether oxygens (including phenoxy) is 2. The van der Waals surface area contributed by atoms with Crippen molar-refractivity contribution in [1.82, 2.24) is 15.2 Å². The molecule has 0 aliphatic carbocycles. The van der Waals surface area contributed by atoms with Gasteiger partial charge in [-0.2, -0.15) is 0 Å². The highest BCUT2D eigenvalue weighted by Crippen LogP contribution is 1.98. The predicted octanol–water partition coefficient (Wildman–Crippen LogP) is 1.49. The highest BCUT2D eigenvalue weighted by Gasteiger charge is 2.11. The minimum absolute atomic E-state index is 0.0331. The van der Waals surface area contributed by atoms with Gasteiger partial charge in [0.1, 0.15) is 0 Å². The number of hydrogen-bond acceptors (Lipinski definition) is 6. The minimum atomic E-state index is -0.617. The van der Waals surface area contributed by atoms with Crippen molar-refractivity contribution < 1.29 is 29.0 Å². The Morgan fingerprint density at radius 2 is 2.04 bits per heavy atom. The molecule has 0 unspecified atom stereocenters. The zero-order valence-electron chi connectivity index (χ0n) is 14.0. The van der Waals surface area contributed by atoms with Crippen LogP contribution in [0.1, 0.15) is 19.5 Å². The molecule has 0 bridgehead atoms. The predicted molar refractivity (Wildman–Crippen MR) is 85.4 cm³/mol. The van der Waals surface area contributed by atoms with E-state index in [1.165, 1.54) is 4.90 Å². The van der Waals surface area contributed by atoms with Crippen LogP contribution in [-0.2, 0) is 20.7 Å². The molecule has 1 aromatic heterocycles. The zero-order valence-corrected chi connectivity index (χ0v) is 14.0. The molecule has 0 saturated carbocycles. The monoisotopic (exact) mass is 341 g/mol. The number of hydrogen-bond donors (Lipinski definition) is 2. The number of nitrogens with zero attached hydrogens (tertiary/aromatic N) is 2. The first-order valence-corrected chi connectivity index (χ1v) is 7.19. The molecule has 1 aromatic rings. The zero-order chi connectivity index (χ0) is 18.4. The summed E-state index contributed by atoms with van der Waals surface area (Å²) in [4.78, 5) is 36.7. The van der Waals surface area contributed by atoms with Crippen LogP contribution in [-0.4, -0.2) is 60.1 Å². The molecule has 1 rings (SSSR count). The molecule has 0 radical (unpaired) electrons. The molecule has 0 fully saturated rings. The Balaban J connectivity index is 0.00000163. The summed E-state index contributed by atoms with van der Waals surface area (Å²) in [6, 6.07) is 5.58. The van der Waals surface area contributed by atoms with Gasteiger partial charge < -0.3 is 24.8 Å². The second-order valence-electron chi connectivity index (χ2n) is 4.86. The van der Waals surface area contributed by atoms with Crippen LogP contribution in [0.25, 0.3) is 0 Å². The van der Waals surface area contributed by atoms with Crippen molar-refractivity contribution in [2.24, 2.45) is 0 Å². The van der Waals surface area contributed by atoms with Crippen LogP contribution in [0.5, 0.6) is 0 Å². The summed E-state index contributed by atoms with van der Waals surface area (Å²) >= 11 is 0. The highest BCUT2D eigenvalue weighted by molar-refractivity contribution is 5.69. The summed E-state index contributed by atoms with van der Waals surface area (Å²) in [5.41, 5.74) is 0.893. The van der Waals surface area contributed by atoms with E-state index in [-0.39, 0.29) is 12.5 Å². The van der Waals surface area contributed by atoms with Crippen LogP contribution in [0.4, 0.5) is 9.59 Å². The third kappa shape index (κ3) is 10.8. The minimum Gasteiger partial charge on any atom is -0.483 e. The Kier molecular flexibility index (Phi) is 11.2. The first-order chi connectivity index (χ1) is 11.4. The molecule has 1 heterocycles. The van der Waals surface area contributed by atoms with Gasteiger partial charge in [-0.05, 0) is 26.0 Å². The Labute approximate surface area is 140 Å². The van der Waals surface area contributed by atoms with Crippen LogP contribution in [0, 0.1) is 0 Å². The normalized spacial score (nSPS) is 9.33. The molecular weight excluding hydrogens is 318 g/mol. The Bertz CT molecular complexity index is 495. The van der Waals surface area contributed by atoms with E-state index in [1.807, 2.05) is 18.2 Å². The number of pyridine rings is 1. The number of amides is 2. The molecule has 0 spiro atoms. The smallest absolute Gasteiger partial charge is 0.412 e. The average Bonchev–Trinajstić information content (AvgIpc) is 2.53. The van der Waals surface area contributed by atoms with Gasteiger partial charge in [-0.1, -0.05) is 6.07 Å². The fourth-order valence-corrected chi connectivity index (χ4v) is 1.44. The second-order valence-corrected chi connectivity index (χ2v) is 4.86. The first-order valence-electron chi connectivity index (χ1n) is 7.19. The van der Waals surface area contributed by atoms with Crippen molar-refractivity contribution in [3.63, 3.8) is 0 Å². The lowest BCUT2D eigenvalue weighted by Crippen LogP contribution is -2.33. The lowest BCUT2D eigenvalue weighted by atomic mass is 10.2. The maximum absolute atomic E-state index is 11.6. The van der Waals surface area contributed by atoms with Crippen LogP contribution in [0.15, 0.2) is 24.4 Å². The fraction of sp³-hybridized carbons (Fsp3) is 0.467. The first kappa shape index (κ1) is 21.2. The van der Waals surface area contributed by atoms with Crippen molar-refractivity contribution in [3.05, 3.63) is 30.1 Å². The van der Waals surface area contributed by atoms with E-state index in [9.17, 15) is 9.59 Å². The number of nitrogens with one attached hydrogen (secondary N) is 1. The molecule has 0 saturated heterocycles. The van der Waals surface area contributed by atoms with Crippen LogP contribution < -0.4 is 5.32 Å². The number of likely N-dealkylation sites (N-methyl/N-ethyl adjacent to an activating group) is 1. The molecule has 134 valence electrons. The maximum atomic E-state index is 11.6. The molecule has 9 heteroatoms. The van der Waals surface area contributed by atoms with Gasteiger partial charge in [0.05, 0.1) is 0 Å². The third-order valence-electron chi connectivity index (χ3n) is 2.52. The van der Waals surface area contributed by atoms with Gasteiger partial charge >= 0.3 is 12.2 Å². The quantitative estimate of drug-likeness (QED) is 0.594. The number of carboxylic acid groups (broad SMARTS) is 1. The second kappa shape index (κ2) is 12.7. The van der Waals surface area contributed by atoms with Crippen molar-refractivity contribution in [2.75, 3.05) is 20.4 Å². The number of carbonyl (C=O) groups is 3. The topological polar surface area (TPSA) is 118 Å². The van der Waals surface area contributed by atoms with Gasteiger partial charge in [-0.3, -0.25) is 9.78 Å². The van der Waals surface area contributed by atoms with Gasteiger partial charge in [0.2, 0.25) is 6.79 Å². The summed E-state index contributed by atoms with van der Waals surface area (Å²) in [5, 5.41) is 9.41. The van der Waals surface area contributed by atoms with E-state index < -0.39 is 19.0 Å². The van der Waals surface area contributed by atoms with Gasteiger partial charge in [0.25, 0.3) is 6.47 Å². The highest BCUT2D eigenvalue weighted by atomic mass is 16.7. The summed E-state index contributed by atoms with van der Waals surface area (Å²) in [6.45, 7) is 3.41. The van der Waals surface area contributed by atoms with Crippen molar-refractivity contribution in [2.45, 2.75) is 26.3 Å². The molecule has 0 aliphatic heterocycles. The standard InChI is InChI=1S/C14H21N3O4.CH2O2/c1-11(2)16-13(18)20-10-21-14(19)17(3)9-7-12-6-4-5-8-15-12;2-1-3/h4-6,8,11H,7,9-10H2,1-3H3,(H,16,18);1H,(H,2,3). The van der Waals surface area contributed by atoms with E-state index >= 15 is 0 Å². The summed E-state index contributed by atoms with van der Waals surface area (Å²) < 4.78 is 9.53. The van der Waals surface area contributed by atoms with E-state index in [0.717, 1.165) is 5.69 Å². The number of alkyl carbamates (subject to hydrolysis) is 1. The van der Waals surface area contributed by atoms with Crippen LogP contribution in [0.2, 0.25) is 0 Å². The molecule has 0 aromatic carbocycles. The Morgan fingerprint density at radius 3 is 2.58 bits per heavy atom. The van der Waals surface area contributed by atoms with E-state index in [0.29, 0.717) is 13.0 Å². The number of aromatic nitrogens is 1. The third-order valence-corrected chi connectivity index (χ3v) is 2.52. The van der Waals surface area contributed by atoms with Crippen LogP contribution in [0.3, 0.4) is 0 Å². The van der Waals surface area contributed by atoms with Gasteiger partial charge in [-0.25, -0.2) is 9.59 Å². The molecule has 24 heavy (non-hydrogen) atoms. The molecule has 2 N–H and O–H groups in total. The van der Waals surface area contributed by atoms with E-state index in [1.54, 1.807) is 27.1 Å². The number of rotatable bonds is 6. The fourth-order valence-electron chi connectivity index (χ4n) is 1.44. The summed E-state index contributed by atoms with van der Waals surface area (Å²) in [6.07, 6.45) is 1.16. The van der Waals surface area contributed by atoms with Crippen molar-refractivity contribution in [1.29, 1.82) is 0 Å². The molecule has 0 aliphatic rings. The van der Waals surface area contributed by atoms with E-state index in [4.69, 9.17) is 19.4 Å². The molecule has 0 atom stereocenters. The largest absolute Gasteiger partial charge is 0.483 e. The lowest BCUT2D eigenvalue weighted by Gasteiger charge is -2.16. The average molecular weight is 341 g/mol. The van der Waals surface area contributed by atoms with Crippen LogP contribution >= 0.6 is 0 Å². The van der Waals surface area contributed by atoms with Gasteiger partial charge in [0.15, 0.2) is 0 Å².